The van der Waals surface area contributed by atoms with Gasteiger partial charge in [0.15, 0.2) is 0 Å². The van der Waals surface area contributed by atoms with Crippen molar-refractivity contribution >= 4 is 44.1 Å². The first-order valence-corrected chi connectivity index (χ1v) is 12.9. The summed E-state index contributed by atoms with van der Waals surface area (Å²) in [4.78, 5) is 12.8. The molecule has 0 bridgehead atoms. The molecule has 35 heavy (non-hydrogen) atoms. The molecule has 0 spiro atoms. The molecule has 0 radical (unpaired) electrons. The van der Waals surface area contributed by atoms with Gasteiger partial charge in [0.1, 0.15) is 17.9 Å². The molecule has 1 heterocycles. The van der Waals surface area contributed by atoms with Gasteiger partial charge in [-0.05, 0) is 54.8 Å². The minimum atomic E-state index is -3.96. The molecule has 8 heteroatoms. The van der Waals surface area contributed by atoms with Crippen molar-refractivity contribution in [3.05, 3.63) is 101 Å². The second-order valence-corrected chi connectivity index (χ2v) is 9.81. The summed E-state index contributed by atoms with van der Waals surface area (Å²) in [7, 11) is -3.96. The fraction of sp³-hybridized carbons (Fsp3) is 0.148. The van der Waals surface area contributed by atoms with E-state index in [1.54, 1.807) is 44.2 Å². The quantitative estimate of drug-likeness (QED) is 0.218. The normalized spacial score (nSPS) is 12.0. The molecule has 4 rings (SSSR count). The van der Waals surface area contributed by atoms with E-state index in [9.17, 15) is 13.2 Å². The summed E-state index contributed by atoms with van der Waals surface area (Å²) in [6.45, 7) is 3.90. The number of carbonyl (C=O) groups is 1. The summed E-state index contributed by atoms with van der Waals surface area (Å²) in [5, 5.41) is 0.537. The van der Waals surface area contributed by atoms with Crippen molar-refractivity contribution in [3.63, 3.8) is 0 Å². The summed E-state index contributed by atoms with van der Waals surface area (Å²) < 4.78 is 39.8. The molecule has 4 aromatic rings. The van der Waals surface area contributed by atoms with Crippen LogP contribution in [0.15, 0.2) is 89.4 Å². The highest BCUT2D eigenvalue weighted by atomic mass is 35.5. The maximum atomic E-state index is 13.6. The molecule has 0 aliphatic rings. The first kappa shape index (κ1) is 24.6. The van der Waals surface area contributed by atoms with Gasteiger partial charge in [0.2, 0.25) is 0 Å². The Balaban J connectivity index is 1.95. The molecule has 0 aliphatic heterocycles. The Labute approximate surface area is 209 Å². The van der Waals surface area contributed by atoms with Crippen molar-refractivity contribution in [3.8, 4) is 5.75 Å². The van der Waals surface area contributed by atoms with Gasteiger partial charge >= 0.3 is 5.97 Å². The summed E-state index contributed by atoms with van der Waals surface area (Å²) in [5.41, 5.74) is 3.63. The maximum Gasteiger partial charge on any atom is 0.339 e. The van der Waals surface area contributed by atoms with E-state index in [0.29, 0.717) is 27.8 Å². The van der Waals surface area contributed by atoms with Crippen LogP contribution in [0.25, 0.3) is 16.5 Å². The lowest BCUT2D eigenvalue weighted by Gasteiger charge is -2.15. The number of halogens is 1. The molecule has 0 saturated heterocycles. The first-order valence-electron chi connectivity index (χ1n) is 11.0. The van der Waals surface area contributed by atoms with Crippen LogP contribution >= 0.6 is 11.6 Å². The number of aromatic nitrogens is 1. The Morgan fingerprint density at radius 2 is 1.66 bits per heavy atom. The Hall–Kier alpha value is -3.55. The lowest BCUT2D eigenvalue weighted by Crippen LogP contribution is -2.13. The Morgan fingerprint density at radius 3 is 2.29 bits per heavy atom. The first-order chi connectivity index (χ1) is 16.9. The maximum absolute atomic E-state index is 13.6. The zero-order valence-corrected chi connectivity index (χ0v) is 20.8. The average Bonchev–Trinajstić information content (AvgIpc) is 3.23. The van der Waals surface area contributed by atoms with Crippen LogP contribution in [0.1, 0.15) is 23.6 Å². The van der Waals surface area contributed by atoms with Gasteiger partial charge in [-0.2, -0.15) is 0 Å². The van der Waals surface area contributed by atoms with Crippen LogP contribution < -0.4 is 4.74 Å². The van der Waals surface area contributed by atoms with E-state index in [4.69, 9.17) is 21.1 Å². The van der Waals surface area contributed by atoms with E-state index in [1.807, 2.05) is 30.3 Å². The fourth-order valence-corrected chi connectivity index (χ4v) is 5.54. The van der Waals surface area contributed by atoms with Crippen molar-refractivity contribution in [1.29, 1.82) is 0 Å². The van der Waals surface area contributed by atoms with Crippen LogP contribution in [-0.2, 0) is 26.2 Å². The summed E-state index contributed by atoms with van der Waals surface area (Å²) in [6.07, 6.45) is 1.53. The number of hydrogen-bond donors (Lipinski definition) is 0. The van der Waals surface area contributed by atoms with Gasteiger partial charge in [-0.1, -0.05) is 60.1 Å². The van der Waals surface area contributed by atoms with Crippen LogP contribution in [0.3, 0.4) is 0 Å². The highest BCUT2D eigenvalue weighted by Gasteiger charge is 2.26. The van der Waals surface area contributed by atoms with E-state index in [2.05, 4.69) is 0 Å². The van der Waals surface area contributed by atoms with Gasteiger partial charge in [0.25, 0.3) is 10.0 Å². The third kappa shape index (κ3) is 4.83. The number of fused-ring (bicyclic) bond motifs is 1. The lowest BCUT2D eigenvalue weighted by atomic mass is 10.00. The number of ether oxygens (including phenoxy) is 2. The Kier molecular flexibility index (Phi) is 7.28. The van der Waals surface area contributed by atoms with Gasteiger partial charge in [0.05, 0.1) is 17.1 Å². The summed E-state index contributed by atoms with van der Waals surface area (Å²) in [5.74, 6) is -0.238. The molecule has 6 nitrogen and oxygen atoms in total. The number of hydrogen-bond acceptors (Lipinski definition) is 5. The highest BCUT2D eigenvalue weighted by Crippen LogP contribution is 2.38. The van der Waals surface area contributed by atoms with Gasteiger partial charge in [-0.3, -0.25) is 0 Å². The second kappa shape index (κ2) is 10.4. The zero-order chi connectivity index (χ0) is 25.0. The van der Waals surface area contributed by atoms with Gasteiger partial charge in [-0.15, -0.1) is 0 Å². The third-order valence-corrected chi connectivity index (χ3v) is 7.39. The molecule has 0 atom stereocenters. The van der Waals surface area contributed by atoms with E-state index in [0.717, 1.165) is 11.1 Å². The van der Waals surface area contributed by atoms with Crippen LogP contribution in [0, 0.1) is 6.92 Å². The number of aryl methyl sites for hydroxylation is 1. The van der Waals surface area contributed by atoms with Crippen LogP contribution in [-0.4, -0.2) is 25.0 Å². The minimum Gasteiger partial charge on any atom is -0.487 e. The van der Waals surface area contributed by atoms with Crippen molar-refractivity contribution in [2.45, 2.75) is 25.3 Å². The van der Waals surface area contributed by atoms with Gasteiger partial charge in [0, 0.05) is 17.1 Å². The van der Waals surface area contributed by atoms with Gasteiger partial charge in [-0.25, -0.2) is 17.2 Å². The third-order valence-electron chi connectivity index (χ3n) is 5.50. The molecule has 180 valence electrons. The second-order valence-electron chi connectivity index (χ2n) is 7.78. The van der Waals surface area contributed by atoms with E-state index < -0.39 is 16.0 Å². The molecule has 0 amide bonds. The number of nitrogens with zero attached hydrogens (tertiary/aromatic N) is 1. The Bertz CT molecular complexity index is 1490. The van der Waals surface area contributed by atoms with E-state index >= 15 is 0 Å². The minimum absolute atomic E-state index is 0.131. The van der Waals surface area contributed by atoms with Crippen molar-refractivity contribution in [2.75, 3.05) is 6.61 Å². The molecule has 3 aromatic carbocycles. The van der Waals surface area contributed by atoms with Gasteiger partial charge < -0.3 is 9.47 Å². The van der Waals surface area contributed by atoms with Crippen LogP contribution in [0.4, 0.5) is 0 Å². The molecular weight excluding hydrogens is 486 g/mol. The van der Waals surface area contributed by atoms with E-state index in [1.165, 1.54) is 22.3 Å². The predicted octanol–water partition coefficient (Wildman–Crippen LogP) is 5.91. The topological polar surface area (TPSA) is 74.6 Å². The molecule has 0 N–H and O–H groups in total. The smallest absolute Gasteiger partial charge is 0.339 e. The molecular formula is C27H24ClNO5S. The highest BCUT2D eigenvalue weighted by molar-refractivity contribution is 7.90. The standard InChI is InChI=1S/C27H24ClNO5S/c1-3-33-27(30)23(16-28)22-14-15-24(34-18-20-10-6-4-7-11-20)26-25(22)19(2)17-29(26)35(31,32)21-12-8-5-9-13-21/h4-17H,3,18H2,1-2H3/b23-16+. The molecule has 0 unspecified atom stereocenters. The zero-order valence-electron chi connectivity index (χ0n) is 19.3. The molecule has 0 aliphatic carbocycles. The predicted molar refractivity (Wildman–Crippen MR) is 137 cm³/mol. The van der Waals surface area contributed by atoms with Crippen LogP contribution in [0.2, 0.25) is 0 Å². The monoisotopic (exact) mass is 509 g/mol. The number of esters is 1. The number of carbonyl (C=O) groups excluding carboxylic acids is 1. The largest absolute Gasteiger partial charge is 0.487 e. The SMILES string of the molecule is CCOC(=O)/C(=C/Cl)c1ccc(OCc2ccccc2)c2c1c(C)cn2S(=O)(=O)c1ccccc1. The number of benzene rings is 3. The molecule has 0 fully saturated rings. The lowest BCUT2D eigenvalue weighted by molar-refractivity contribution is -0.136. The molecule has 1 aromatic heterocycles. The summed E-state index contributed by atoms with van der Waals surface area (Å²) in [6, 6.07) is 21.1. The summed E-state index contributed by atoms with van der Waals surface area (Å²) >= 11 is 6.04. The number of rotatable bonds is 8. The van der Waals surface area contributed by atoms with E-state index in [-0.39, 0.29) is 23.7 Å². The van der Waals surface area contributed by atoms with Crippen molar-refractivity contribution in [2.24, 2.45) is 0 Å². The fourth-order valence-electron chi connectivity index (χ4n) is 3.89. The molecule has 0 saturated carbocycles. The van der Waals surface area contributed by atoms with Crippen LogP contribution in [0.5, 0.6) is 5.75 Å². The average molecular weight is 510 g/mol. The van der Waals surface area contributed by atoms with Crippen molar-refractivity contribution < 1.29 is 22.7 Å². The van der Waals surface area contributed by atoms with Crippen molar-refractivity contribution in [1.82, 2.24) is 3.97 Å². The Morgan fingerprint density at radius 1 is 1.00 bits per heavy atom.